The molecule has 0 aliphatic heterocycles. The molecular formula is C13H18FNO2S. The van der Waals surface area contributed by atoms with E-state index >= 15 is 0 Å². The van der Waals surface area contributed by atoms with Crippen molar-refractivity contribution < 1.29 is 13.9 Å². The van der Waals surface area contributed by atoms with E-state index in [4.69, 9.17) is 0 Å². The van der Waals surface area contributed by atoms with E-state index in [2.05, 4.69) is 10.1 Å². The second-order valence-electron chi connectivity index (χ2n) is 4.17. The summed E-state index contributed by atoms with van der Waals surface area (Å²) in [7, 11) is 1.32. The summed E-state index contributed by atoms with van der Waals surface area (Å²) in [6.45, 7) is 4.71. The van der Waals surface area contributed by atoms with E-state index in [1.54, 1.807) is 6.07 Å². The quantitative estimate of drug-likeness (QED) is 0.637. The first-order valence-corrected chi connectivity index (χ1v) is 6.73. The van der Waals surface area contributed by atoms with Gasteiger partial charge in [0.05, 0.1) is 12.9 Å². The van der Waals surface area contributed by atoms with E-state index in [-0.39, 0.29) is 17.5 Å². The molecule has 0 aromatic heterocycles. The third-order valence-corrected chi connectivity index (χ3v) is 3.31. The molecule has 0 amide bonds. The van der Waals surface area contributed by atoms with Gasteiger partial charge in [-0.1, -0.05) is 19.9 Å². The number of thioether (sulfide) groups is 1. The summed E-state index contributed by atoms with van der Waals surface area (Å²) in [4.78, 5) is 11.4. The van der Waals surface area contributed by atoms with Crippen LogP contribution in [0, 0.1) is 5.82 Å². The molecule has 1 aromatic carbocycles. The Labute approximate surface area is 111 Å². The van der Waals surface area contributed by atoms with Gasteiger partial charge in [0, 0.05) is 17.5 Å². The van der Waals surface area contributed by atoms with Gasteiger partial charge in [0.25, 0.3) is 0 Å². The minimum absolute atomic E-state index is 0.122. The molecule has 0 spiro atoms. The van der Waals surface area contributed by atoms with Gasteiger partial charge in [-0.3, -0.25) is 4.79 Å². The molecule has 0 saturated carbocycles. The minimum Gasteiger partial charge on any atom is -0.468 e. The Morgan fingerprint density at radius 2 is 2.22 bits per heavy atom. The van der Waals surface area contributed by atoms with Crippen LogP contribution in [0.3, 0.4) is 0 Å². The highest BCUT2D eigenvalue weighted by Crippen LogP contribution is 2.22. The molecule has 0 aliphatic rings. The van der Waals surface area contributed by atoms with Crippen molar-refractivity contribution in [3.05, 3.63) is 29.6 Å². The van der Waals surface area contributed by atoms with E-state index in [9.17, 15) is 9.18 Å². The molecule has 1 rings (SSSR count). The summed E-state index contributed by atoms with van der Waals surface area (Å²) in [5, 5.41) is 3.22. The first-order valence-electron chi connectivity index (χ1n) is 5.74. The van der Waals surface area contributed by atoms with E-state index < -0.39 is 0 Å². The van der Waals surface area contributed by atoms with Crippen molar-refractivity contribution in [1.29, 1.82) is 0 Å². The largest absolute Gasteiger partial charge is 0.468 e. The molecule has 18 heavy (non-hydrogen) atoms. The molecule has 0 aliphatic carbocycles. The third kappa shape index (κ3) is 5.06. The number of hydrogen-bond acceptors (Lipinski definition) is 4. The molecule has 0 fully saturated rings. The van der Waals surface area contributed by atoms with Gasteiger partial charge < -0.3 is 10.1 Å². The average molecular weight is 271 g/mol. The molecule has 3 nitrogen and oxygen atoms in total. The normalized spacial score (nSPS) is 10.7. The summed E-state index contributed by atoms with van der Waals surface area (Å²) < 4.78 is 18.2. The molecular weight excluding hydrogens is 253 g/mol. The maximum absolute atomic E-state index is 13.7. The zero-order valence-electron chi connectivity index (χ0n) is 10.8. The van der Waals surface area contributed by atoms with E-state index in [1.807, 2.05) is 19.9 Å². The van der Waals surface area contributed by atoms with Gasteiger partial charge in [0.15, 0.2) is 0 Å². The van der Waals surface area contributed by atoms with Gasteiger partial charge >= 0.3 is 5.97 Å². The number of esters is 1. The minimum atomic E-state index is -0.357. The SMILES string of the molecule is COC(=O)CSc1ccc(CNC(C)C)cc1F. The Hall–Kier alpha value is -1.07. The highest BCUT2D eigenvalue weighted by Gasteiger charge is 2.07. The summed E-state index contributed by atoms with van der Waals surface area (Å²) in [6, 6.07) is 5.41. The van der Waals surface area contributed by atoms with Crippen molar-refractivity contribution in [2.24, 2.45) is 0 Å². The molecule has 100 valence electrons. The molecule has 1 aromatic rings. The fraction of sp³-hybridized carbons (Fsp3) is 0.462. The van der Waals surface area contributed by atoms with E-state index in [0.717, 1.165) is 17.3 Å². The van der Waals surface area contributed by atoms with Crippen molar-refractivity contribution in [2.45, 2.75) is 31.3 Å². The Kier molecular flexibility index (Phi) is 6.15. The van der Waals surface area contributed by atoms with Gasteiger partial charge in [0.2, 0.25) is 0 Å². The Morgan fingerprint density at radius 1 is 1.50 bits per heavy atom. The van der Waals surface area contributed by atoms with Crippen LogP contribution in [-0.4, -0.2) is 24.9 Å². The topological polar surface area (TPSA) is 38.3 Å². The molecule has 0 unspecified atom stereocenters. The molecule has 0 atom stereocenters. The van der Waals surface area contributed by atoms with Gasteiger partial charge in [0.1, 0.15) is 5.82 Å². The number of hydrogen-bond donors (Lipinski definition) is 1. The second kappa shape index (κ2) is 7.38. The van der Waals surface area contributed by atoms with Gasteiger partial charge in [-0.05, 0) is 17.7 Å². The molecule has 1 N–H and O–H groups in total. The lowest BCUT2D eigenvalue weighted by Crippen LogP contribution is -2.21. The van der Waals surface area contributed by atoms with Crippen LogP contribution in [0.2, 0.25) is 0 Å². The van der Waals surface area contributed by atoms with Gasteiger partial charge in [-0.25, -0.2) is 4.39 Å². The first-order chi connectivity index (χ1) is 8.52. The standard InChI is InChI=1S/C13H18FNO2S/c1-9(2)15-7-10-4-5-12(11(14)6-10)18-8-13(16)17-3/h4-6,9,15H,7-8H2,1-3H3. The van der Waals surface area contributed by atoms with Crippen LogP contribution in [0.25, 0.3) is 0 Å². The van der Waals surface area contributed by atoms with Crippen molar-refractivity contribution in [3.63, 3.8) is 0 Å². The smallest absolute Gasteiger partial charge is 0.315 e. The monoisotopic (exact) mass is 271 g/mol. The van der Waals surface area contributed by atoms with Crippen molar-refractivity contribution >= 4 is 17.7 Å². The Bertz CT molecular complexity index is 410. The Morgan fingerprint density at radius 3 is 2.78 bits per heavy atom. The third-order valence-electron chi connectivity index (χ3n) is 2.28. The number of methoxy groups -OCH3 is 1. The highest BCUT2D eigenvalue weighted by molar-refractivity contribution is 8.00. The lowest BCUT2D eigenvalue weighted by atomic mass is 10.2. The number of halogens is 1. The zero-order valence-corrected chi connectivity index (χ0v) is 11.6. The maximum Gasteiger partial charge on any atom is 0.315 e. The predicted molar refractivity (Wildman–Crippen MR) is 71.1 cm³/mol. The number of carbonyl (C=O) groups is 1. The number of carbonyl (C=O) groups excluding carboxylic acids is 1. The van der Waals surface area contributed by atoms with Crippen LogP contribution in [-0.2, 0) is 16.1 Å². The molecule has 0 radical (unpaired) electrons. The van der Waals surface area contributed by atoms with Crippen LogP contribution >= 0.6 is 11.8 Å². The lowest BCUT2D eigenvalue weighted by molar-refractivity contribution is -0.137. The summed E-state index contributed by atoms with van der Waals surface area (Å²) >= 11 is 1.14. The zero-order chi connectivity index (χ0) is 13.5. The summed E-state index contributed by atoms with van der Waals surface area (Å²) in [5.41, 5.74) is 0.892. The average Bonchev–Trinajstić information content (AvgIpc) is 2.34. The van der Waals surface area contributed by atoms with Crippen LogP contribution < -0.4 is 5.32 Å². The summed E-state index contributed by atoms with van der Waals surface area (Å²) in [5.74, 6) is -0.534. The van der Waals surface area contributed by atoms with E-state index in [1.165, 1.54) is 13.2 Å². The molecule has 0 saturated heterocycles. The van der Waals surface area contributed by atoms with Crippen LogP contribution in [0.15, 0.2) is 23.1 Å². The van der Waals surface area contributed by atoms with Gasteiger partial charge in [-0.2, -0.15) is 0 Å². The fourth-order valence-electron chi connectivity index (χ4n) is 1.29. The number of nitrogens with one attached hydrogen (secondary N) is 1. The molecule has 0 bridgehead atoms. The fourth-order valence-corrected chi connectivity index (χ4v) is 2.04. The number of rotatable bonds is 6. The molecule has 5 heteroatoms. The Balaban J connectivity index is 2.59. The summed E-state index contributed by atoms with van der Waals surface area (Å²) in [6.07, 6.45) is 0. The first kappa shape index (κ1) is 15.0. The van der Waals surface area contributed by atoms with Crippen LogP contribution in [0.4, 0.5) is 4.39 Å². The van der Waals surface area contributed by atoms with Gasteiger partial charge in [-0.15, -0.1) is 11.8 Å². The van der Waals surface area contributed by atoms with E-state index in [0.29, 0.717) is 17.5 Å². The van der Waals surface area contributed by atoms with Crippen LogP contribution in [0.1, 0.15) is 19.4 Å². The van der Waals surface area contributed by atoms with Crippen molar-refractivity contribution in [2.75, 3.05) is 12.9 Å². The second-order valence-corrected chi connectivity index (χ2v) is 5.18. The number of ether oxygens (including phenoxy) is 1. The van der Waals surface area contributed by atoms with Crippen molar-refractivity contribution in [3.8, 4) is 0 Å². The van der Waals surface area contributed by atoms with Crippen molar-refractivity contribution in [1.82, 2.24) is 5.32 Å². The highest BCUT2D eigenvalue weighted by atomic mass is 32.2. The number of benzene rings is 1. The maximum atomic E-state index is 13.7. The lowest BCUT2D eigenvalue weighted by Gasteiger charge is -2.09. The van der Waals surface area contributed by atoms with Crippen LogP contribution in [0.5, 0.6) is 0 Å². The molecule has 0 heterocycles. The predicted octanol–water partition coefficient (Wildman–Crippen LogP) is 2.59.